The fraction of sp³-hybridized carbons (Fsp3) is 0.400. The second-order valence-corrected chi connectivity index (χ2v) is 2.94. The second kappa shape index (κ2) is 5.21. The van der Waals surface area contributed by atoms with E-state index >= 15 is 0 Å². The summed E-state index contributed by atoms with van der Waals surface area (Å²) in [5.74, 6) is 0.454. The highest BCUT2D eigenvalue weighted by Crippen LogP contribution is 2.00. The van der Waals surface area contributed by atoms with Gasteiger partial charge in [0.2, 0.25) is 0 Å². The summed E-state index contributed by atoms with van der Waals surface area (Å²) in [5, 5.41) is 6.34. The van der Waals surface area contributed by atoms with Crippen molar-refractivity contribution in [2.75, 3.05) is 6.54 Å². The summed E-state index contributed by atoms with van der Waals surface area (Å²) in [6.45, 7) is 4.32. The number of allylic oxidation sites excluding steroid dienone is 1. The van der Waals surface area contributed by atoms with E-state index in [4.69, 9.17) is 4.52 Å². The molecule has 0 aliphatic carbocycles. The molecule has 14 heavy (non-hydrogen) atoms. The zero-order valence-corrected chi connectivity index (χ0v) is 8.41. The lowest BCUT2D eigenvalue weighted by molar-refractivity contribution is 0.0945. The average molecular weight is 194 g/mol. The molecule has 4 nitrogen and oxygen atoms in total. The van der Waals surface area contributed by atoms with E-state index in [9.17, 15) is 4.79 Å². The highest BCUT2D eigenvalue weighted by Gasteiger charge is 2.08. The van der Waals surface area contributed by atoms with Crippen LogP contribution in [0.25, 0.3) is 0 Å². The number of hydrogen-bond acceptors (Lipinski definition) is 3. The number of carbonyl (C=O) groups excluding carboxylic acids is 1. The Balaban J connectivity index is 2.35. The van der Waals surface area contributed by atoms with Crippen molar-refractivity contribution >= 4 is 5.91 Å². The Morgan fingerprint density at radius 3 is 3.07 bits per heavy atom. The minimum absolute atomic E-state index is 0.189. The smallest absolute Gasteiger partial charge is 0.273 e. The summed E-state index contributed by atoms with van der Waals surface area (Å²) >= 11 is 0. The largest absolute Gasteiger partial charge is 0.361 e. The lowest BCUT2D eigenvalue weighted by atomic mass is 10.3. The number of aromatic nitrogens is 1. The summed E-state index contributed by atoms with van der Waals surface area (Å²) < 4.78 is 4.79. The molecule has 1 aromatic heterocycles. The summed E-state index contributed by atoms with van der Waals surface area (Å²) in [6.07, 6.45) is 4.78. The Bertz CT molecular complexity index is 329. The molecule has 1 heterocycles. The van der Waals surface area contributed by atoms with E-state index in [1.165, 1.54) is 0 Å². The Kier molecular flexibility index (Phi) is 3.91. The predicted octanol–water partition coefficient (Wildman–Crippen LogP) is 1.68. The van der Waals surface area contributed by atoms with Gasteiger partial charge in [0, 0.05) is 12.6 Å². The average Bonchev–Trinajstić information content (AvgIpc) is 2.59. The maximum absolute atomic E-state index is 11.4. The van der Waals surface area contributed by atoms with Gasteiger partial charge < -0.3 is 9.84 Å². The molecule has 0 aliphatic heterocycles. The van der Waals surface area contributed by atoms with Crippen LogP contribution in [0.4, 0.5) is 0 Å². The molecule has 0 radical (unpaired) electrons. The van der Waals surface area contributed by atoms with Crippen LogP contribution in [-0.2, 0) is 0 Å². The molecular formula is C10H14N2O2. The van der Waals surface area contributed by atoms with Crippen LogP contribution in [0.5, 0.6) is 0 Å². The molecule has 1 rings (SSSR count). The molecule has 0 aromatic carbocycles. The molecule has 0 atom stereocenters. The molecule has 0 saturated carbocycles. The minimum Gasteiger partial charge on any atom is -0.361 e. The van der Waals surface area contributed by atoms with Gasteiger partial charge in [0.15, 0.2) is 5.69 Å². The number of nitrogens with zero attached hydrogens (tertiary/aromatic N) is 1. The van der Waals surface area contributed by atoms with Gasteiger partial charge >= 0.3 is 0 Å². The quantitative estimate of drug-likeness (QED) is 0.586. The number of amides is 1. The molecule has 0 unspecified atom stereocenters. The molecule has 4 heteroatoms. The standard InChI is InChI=1S/C10H14N2O2/c1-3-4-5-6-11-10(13)9-7-8(2)14-12-9/h3-4,7H,5-6H2,1-2H3,(H,11,13)/b4-3+. The molecule has 0 aliphatic rings. The minimum atomic E-state index is -0.189. The normalized spacial score (nSPS) is 10.7. The van der Waals surface area contributed by atoms with Crippen molar-refractivity contribution < 1.29 is 9.32 Å². The monoisotopic (exact) mass is 194 g/mol. The van der Waals surface area contributed by atoms with E-state index in [1.807, 2.05) is 19.1 Å². The fourth-order valence-electron chi connectivity index (χ4n) is 1.000. The van der Waals surface area contributed by atoms with Crippen molar-refractivity contribution in [1.82, 2.24) is 10.5 Å². The summed E-state index contributed by atoms with van der Waals surface area (Å²) in [7, 11) is 0. The number of carbonyl (C=O) groups is 1. The van der Waals surface area contributed by atoms with Crippen LogP contribution in [-0.4, -0.2) is 17.6 Å². The third-order valence-corrected chi connectivity index (χ3v) is 1.69. The lowest BCUT2D eigenvalue weighted by Crippen LogP contribution is -2.24. The lowest BCUT2D eigenvalue weighted by Gasteiger charge is -1.98. The second-order valence-electron chi connectivity index (χ2n) is 2.94. The van der Waals surface area contributed by atoms with E-state index in [0.29, 0.717) is 18.0 Å². The van der Waals surface area contributed by atoms with Crippen LogP contribution >= 0.6 is 0 Å². The first-order valence-corrected chi connectivity index (χ1v) is 4.56. The van der Waals surface area contributed by atoms with Gasteiger partial charge in [-0.1, -0.05) is 17.3 Å². The Morgan fingerprint density at radius 2 is 2.50 bits per heavy atom. The molecule has 1 amide bonds. The Labute approximate surface area is 83.0 Å². The SMILES string of the molecule is C/C=C/CCNC(=O)c1cc(C)on1. The predicted molar refractivity (Wildman–Crippen MR) is 53.0 cm³/mol. The maximum atomic E-state index is 11.4. The van der Waals surface area contributed by atoms with E-state index < -0.39 is 0 Å². The fourth-order valence-corrected chi connectivity index (χ4v) is 1.000. The van der Waals surface area contributed by atoms with Crippen LogP contribution in [0.2, 0.25) is 0 Å². The molecule has 0 bridgehead atoms. The van der Waals surface area contributed by atoms with Crippen molar-refractivity contribution in [2.45, 2.75) is 20.3 Å². The molecule has 1 N–H and O–H groups in total. The zero-order valence-electron chi connectivity index (χ0n) is 8.41. The van der Waals surface area contributed by atoms with Crippen LogP contribution in [0.1, 0.15) is 29.6 Å². The van der Waals surface area contributed by atoms with Crippen LogP contribution in [0.15, 0.2) is 22.7 Å². The third-order valence-electron chi connectivity index (χ3n) is 1.69. The van der Waals surface area contributed by atoms with Crippen LogP contribution in [0.3, 0.4) is 0 Å². The van der Waals surface area contributed by atoms with E-state index in [-0.39, 0.29) is 5.91 Å². The Morgan fingerprint density at radius 1 is 1.71 bits per heavy atom. The van der Waals surface area contributed by atoms with E-state index in [1.54, 1.807) is 13.0 Å². The topological polar surface area (TPSA) is 55.1 Å². The van der Waals surface area contributed by atoms with Gasteiger partial charge in [0.1, 0.15) is 5.76 Å². The third kappa shape index (κ3) is 3.05. The molecule has 0 saturated heterocycles. The molecule has 1 aromatic rings. The summed E-state index contributed by atoms with van der Waals surface area (Å²) in [4.78, 5) is 11.4. The zero-order chi connectivity index (χ0) is 10.4. The summed E-state index contributed by atoms with van der Waals surface area (Å²) in [6, 6.07) is 1.62. The number of hydrogen-bond donors (Lipinski definition) is 1. The van der Waals surface area contributed by atoms with Crippen molar-refractivity contribution in [3.05, 3.63) is 29.7 Å². The van der Waals surface area contributed by atoms with Gasteiger partial charge in [0.25, 0.3) is 5.91 Å². The summed E-state index contributed by atoms with van der Waals surface area (Å²) in [5.41, 5.74) is 0.336. The maximum Gasteiger partial charge on any atom is 0.273 e. The molecule has 0 spiro atoms. The first-order valence-electron chi connectivity index (χ1n) is 4.56. The number of rotatable bonds is 4. The first-order chi connectivity index (χ1) is 6.74. The highest BCUT2D eigenvalue weighted by atomic mass is 16.5. The van der Waals surface area contributed by atoms with Crippen LogP contribution in [0, 0.1) is 6.92 Å². The molecule has 0 fully saturated rings. The van der Waals surface area contributed by atoms with Crippen molar-refractivity contribution in [2.24, 2.45) is 0 Å². The van der Waals surface area contributed by atoms with Gasteiger partial charge in [-0.2, -0.15) is 0 Å². The van der Waals surface area contributed by atoms with Crippen molar-refractivity contribution in [3.8, 4) is 0 Å². The Hall–Kier alpha value is -1.58. The highest BCUT2D eigenvalue weighted by molar-refractivity contribution is 5.92. The number of aryl methyl sites for hydroxylation is 1. The van der Waals surface area contributed by atoms with E-state index in [0.717, 1.165) is 6.42 Å². The van der Waals surface area contributed by atoms with Gasteiger partial charge in [-0.15, -0.1) is 0 Å². The van der Waals surface area contributed by atoms with Crippen LogP contribution < -0.4 is 5.32 Å². The molecular weight excluding hydrogens is 180 g/mol. The van der Waals surface area contributed by atoms with Gasteiger partial charge in [0.05, 0.1) is 0 Å². The molecule has 76 valence electrons. The van der Waals surface area contributed by atoms with Gasteiger partial charge in [-0.3, -0.25) is 4.79 Å². The van der Waals surface area contributed by atoms with E-state index in [2.05, 4.69) is 10.5 Å². The van der Waals surface area contributed by atoms with Gasteiger partial charge in [-0.05, 0) is 20.3 Å². The van der Waals surface area contributed by atoms with Crippen molar-refractivity contribution in [3.63, 3.8) is 0 Å². The number of nitrogens with one attached hydrogen (secondary N) is 1. The van der Waals surface area contributed by atoms with Crippen molar-refractivity contribution in [1.29, 1.82) is 0 Å². The first kappa shape index (κ1) is 10.5. The van der Waals surface area contributed by atoms with Gasteiger partial charge in [-0.25, -0.2) is 0 Å².